The summed E-state index contributed by atoms with van der Waals surface area (Å²) < 4.78 is 0. The van der Waals surface area contributed by atoms with Crippen molar-refractivity contribution >= 4 is 12.1 Å². The van der Waals surface area contributed by atoms with Gasteiger partial charge < -0.3 is 4.90 Å². The molecule has 0 spiro atoms. The van der Waals surface area contributed by atoms with Gasteiger partial charge in [0.2, 0.25) is 0 Å². The number of benzene rings is 1. The van der Waals surface area contributed by atoms with Crippen LogP contribution in [0.5, 0.6) is 0 Å². The van der Waals surface area contributed by atoms with Crippen molar-refractivity contribution in [2.24, 2.45) is 5.10 Å². The van der Waals surface area contributed by atoms with E-state index < -0.39 is 0 Å². The van der Waals surface area contributed by atoms with Crippen molar-refractivity contribution in [3.05, 3.63) is 35.9 Å². The fourth-order valence-corrected chi connectivity index (χ4v) is 2.88. The molecule has 2 aliphatic heterocycles. The van der Waals surface area contributed by atoms with Crippen LogP contribution in [-0.4, -0.2) is 66.7 Å². The molecule has 0 radical (unpaired) electrons. The van der Waals surface area contributed by atoms with Gasteiger partial charge in [0.05, 0.1) is 12.6 Å². The molecule has 0 aliphatic carbocycles. The highest BCUT2D eigenvalue weighted by atomic mass is 16.2. The van der Waals surface area contributed by atoms with Gasteiger partial charge in [0.1, 0.15) is 0 Å². The van der Waals surface area contributed by atoms with Gasteiger partial charge in [0, 0.05) is 38.8 Å². The topological polar surface area (TPSA) is 39.1 Å². The Hall–Kier alpha value is -1.72. The molecular formula is C16H22N4O. The summed E-state index contributed by atoms with van der Waals surface area (Å²) in [7, 11) is 2.12. The van der Waals surface area contributed by atoms with Crippen molar-refractivity contribution in [3.8, 4) is 0 Å². The van der Waals surface area contributed by atoms with Crippen molar-refractivity contribution in [3.63, 3.8) is 0 Å². The molecular weight excluding hydrogens is 264 g/mol. The molecule has 1 amide bonds. The first-order valence-electron chi connectivity index (χ1n) is 7.54. The van der Waals surface area contributed by atoms with Crippen LogP contribution < -0.4 is 0 Å². The van der Waals surface area contributed by atoms with Crippen molar-refractivity contribution in [1.82, 2.24) is 14.8 Å². The van der Waals surface area contributed by atoms with E-state index in [9.17, 15) is 4.79 Å². The van der Waals surface area contributed by atoms with Gasteiger partial charge in [-0.15, -0.1) is 0 Å². The molecule has 0 aromatic heterocycles. The third-order valence-corrected chi connectivity index (χ3v) is 4.22. The largest absolute Gasteiger partial charge is 0.304 e. The van der Waals surface area contributed by atoms with Gasteiger partial charge in [0.15, 0.2) is 0 Å². The molecule has 112 valence electrons. The maximum Gasteiger partial charge on any atom is 0.257 e. The van der Waals surface area contributed by atoms with E-state index in [1.807, 2.05) is 24.4 Å². The van der Waals surface area contributed by atoms with Crippen LogP contribution in [0.2, 0.25) is 0 Å². The van der Waals surface area contributed by atoms with E-state index in [-0.39, 0.29) is 11.9 Å². The van der Waals surface area contributed by atoms with E-state index in [0.29, 0.717) is 6.54 Å². The van der Waals surface area contributed by atoms with Gasteiger partial charge in [-0.2, -0.15) is 5.10 Å². The molecule has 1 aromatic rings. The average molecular weight is 286 g/mol. The Morgan fingerprint density at radius 2 is 1.90 bits per heavy atom. The number of rotatable bonds is 3. The Balaban J connectivity index is 1.62. The summed E-state index contributed by atoms with van der Waals surface area (Å²) in [5, 5.41) is 5.96. The van der Waals surface area contributed by atoms with Crippen LogP contribution in [0, 0.1) is 0 Å². The Kier molecular flexibility index (Phi) is 4.31. The number of likely N-dealkylation sites (N-methyl/N-ethyl adjacent to an activating group) is 1. The molecule has 1 saturated heterocycles. The van der Waals surface area contributed by atoms with E-state index >= 15 is 0 Å². The van der Waals surface area contributed by atoms with E-state index in [1.165, 1.54) is 0 Å². The van der Waals surface area contributed by atoms with Crippen molar-refractivity contribution in [1.29, 1.82) is 0 Å². The van der Waals surface area contributed by atoms with Gasteiger partial charge in [-0.05, 0) is 12.6 Å². The van der Waals surface area contributed by atoms with E-state index in [0.717, 1.165) is 38.2 Å². The molecule has 2 aliphatic rings. The van der Waals surface area contributed by atoms with Crippen LogP contribution in [0.15, 0.2) is 35.4 Å². The monoisotopic (exact) mass is 286 g/mol. The normalized spacial score (nSPS) is 23.7. The van der Waals surface area contributed by atoms with E-state index in [2.05, 4.69) is 34.1 Å². The quantitative estimate of drug-likeness (QED) is 0.838. The minimum Gasteiger partial charge on any atom is -0.304 e. The van der Waals surface area contributed by atoms with Gasteiger partial charge >= 0.3 is 0 Å². The fourth-order valence-electron chi connectivity index (χ4n) is 2.88. The number of hydrazone groups is 1. The van der Waals surface area contributed by atoms with Crippen LogP contribution >= 0.6 is 0 Å². The molecule has 1 atom stereocenters. The average Bonchev–Trinajstić information content (AvgIpc) is 3.00. The zero-order chi connectivity index (χ0) is 14.7. The third-order valence-electron chi connectivity index (χ3n) is 4.22. The molecule has 1 unspecified atom stereocenters. The Labute approximate surface area is 125 Å². The summed E-state index contributed by atoms with van der Waals surface area (Å²) in [6.45, 7) is 4.43. The zero-order valence-corrected chi connectivity index (χ0v) is 12.5. The summed E-state index contributed by atoms with van der Waals surface area (Å²) in [4.78, 5) is 17.0. The maximum absolute atomic E-state index is 12.5. The number of carbonyl (C=O) groups excluding carboxylic acids is 1. The number of amides is 1. The van der Waals surface area contributed by atoms with Gasteiger partial charge in [0.25, 0.3) is 5.91 Å². The van der Waals surface area contributed by atoms with Crippen LogP contribution in [0.25, 0.3) is 0 Å². The summed E-state index contributed by atoms with van der Waals surface area (Å²) in [6, 6.07) is 10.2. The maximum atomic E-state index is 12.5. The van der Waals surface area contributed by atoms with Gasteiger partial charge in [-0.3, -0.25) is 9.69 Å². The highest BCUT2D eigenvalue weighted by molar-refractivity contribution is 5.81. The minimum absolute atomic E-state index is 0.0613. The second-order valence-electron chi connectivity index (χ2n) is 5.78. The SMILES string of the molecule is CN1CCN(CC(=O)N2N=CCC2c2ccccc2)CC1. The molecule has 1 aromatic carbocycles. The lowest BCUT2D eigenvalue weighted by Crippen LogP contribution is -2.48. The molecule has 5 nitrogen and oxygen atoms in total. The van der Waals surface area contributed by atoms with Crippen LogP contribution in [0.4, 0.5) is 0 Å². The number of nitrogens with zero attached hydrogens (tertiary/aromatic N) is 4. The molecule has 3 rings (SSSR count). The molecule has 1 fully saturated rings. The lowest BCUT2D eigenvalue weighted by molar-refractivity contribution is -0.134. The first kappa shape index (κ1) is 14.2. The van der Waals surface area contributed by atoms with Gasteiger partial charge in [-0.1, -0.05) is 30.3 Å². The van der Waals surface area contributed by atoms with Gasteiger partial charge in [-0.25, -0.2) is 5.01 Å². The lowest BCUT2D eigenvalue weighted by Gasteiger charge is -2.33. The van der Waals surface area contributed by atoms with Crippen LogP contribution in [0.3, 0.4) is 0 Å². The van der Waals surface area contributed by atoms with Crippen LogP contribution in [-0.2, 0) is 4.79 Å². The predicted molar refractivity (Wildman–Crippen MR) is 83.1 cm³/mol. The molecule has 0 saturated carbocycles. The second-order valence-corrected chi connectivity index (χ2v) is 5.78. The standard InChI is InChI=1S/C16H22N4O/c1-18-9-11-19(12-10-18)13-16(21)20-15(7-8-17-20)14-5-3-2-4-6-14/h2-6,8,15H,7,9-13H2,1H3. The minimum atomic E-state index is 0.0613. The summed E-state index contributed by atoms with van der Waals surface area (Å²) in [5.74, 6) is 0.0992. The van der Waals surface area contributed by atoms with Crippen molar-refractivity contribution in [2.75, 3.05) is 39.8 Å². The zero-order valence-electron chi connectivity index (χ0n) is 12.5. The second kappa shape index (κ2) is 6.37. The number of hydrogen-bond donors (Lipinski definition) is 0. The lowest BCUT2D eigenvalue weighted by atomic mass is 10.0. The third kappa shape index (κ3) is 3.31. The Bertz CT molecular complexity index is 508. The Morgan fingerprint density at radius 3 is 2.62 bits per heavy atom. The number of piperazine rings is 1. The Morgan fingerprint density at radius 1 is 1.19 bits per heavy atom. The van der Waals surface area contributed by atoms with E-state index in [1.54, 1.807) is 5.01 Å². The first-order valence-corrected chi connectivity index (χ1v) is 7.54. The molecule has 0 bridgehead atoms. The highest BCUT2D eigenvalue weighted by Crippen LogP contribution is 2.27. The number of carbonyl (C=O) groups is 1. The van der Waals surface area contributed by atoms with Crippen molar-refractivity contribution < 1.29 is 4.79 Å². The molecule has 2 heterocycles. The van der Waals surface area contributed by atoms with Crippen molar-refractivity contribution in [2.45, 2.75) is 12.5 Å². The first-order chi connectivity index (χ1) is 10.2. The summed E-state index contributed by atoms with van der Waals surface area (Å²) >= 11 is 0. The summed E-state index contributed by atoms with van der Waals surface area (Å²) in [6.07, 6.45) is 2.65. The molecule has 0 N–H and O–H groups in total. The fraction of sp³-hybridized carbons (Fsp3) is 0.500. The summed E-state index contributed by atoms with van der Waals surface area (Å²) in [5.41, 5.74) is 1.15. The van der Waals surface area contributed by atoms with Crippen LogP contribution in [0.1, 0.15) is 18.0 Å². The highest BCUT2D eigenvalue weighted by Gasteiger charge is 2.29. The van der Waals surface area contributed by atoms with E-state index in [4.69, 9.17) is 0 Å². The molecule has 5 heteroatoms. The predicted octanol–water partition coefficient (Wildman–Crippen LogP) is 1.19. The number of hydrogen-bond acceptors (Lipinski definition) is 4. The smallest absolute Gasteiger partial charge is 0.257 e. The molecule has 21 heavy (non-hydrogen) atoms.